The maximum atomic E-state index is 5.29. The normalized spacial score (nSPS) is 12.4. The van der Waals surface area contributed by atoms with E-state index in [1.165, 1.54) is 37.9 Å². The van der Waals surface area contributed by atoms with Gasteiger partial charge in [-0.05, 0) is 25.0 Å². The Balaban J connectivity index is 2.96. The molecule has 0 bridgehead atoms. The van der Waals surface area contributed by atoms with Crippen LogP contribution in [-0.4, -0.2) is 5.75 Å². The Bertz CT molecular complexity index is 135. The largest absolute Gasteiger partial charge is 0.157 e. The van der Waals surface area contributed by atoms with E-state index < -0.39 is 0 Å². The summed E-state index contributed by atoms with van der Waals surface area (Å²) in [5.74, 6) is 6.79. The van der Waals surface area contributed by atoms with Crippen LogP contribution in [0.25, 0.3) is 0 Å². The molecule has 0 aromatic rings. The number of terminal acetylenes is 1. The number of hydrogen-bond acceptors (Lipinski definition) is 1. The number of rotatable bonds is 8. The van der Waals surface area contributed by atoms with E-state index in [0.29, 0.717) is 5.92 Å². The Kier molecular flexibility index (Phi) is 9.92. The summed E-state index contributed by atoms with van der Waals surface area (Å²) in [5.41, 5.74) is 0. The van der Waals surface area contributed by atoms with Gasteiger partial charge in [-0.1, -0.05) is 26.7 Å². The van der Waals surface area contributed by atoms with Crippen molar-refractivity contribution < 1.29 is 0 Å². The highest BCUT2D eigenvalue weighted by molar-refractivity contribution is 8.01. The van der Waals surface area contributed by atoms with Gasteiger partial charge in [-0.2, -0.15) is 11.8 Å². The average molecular weight is 197 g/mol. The molecule has 0 aromatic carbocycles. The standard InChI is InChI=1S/C12H21S/c1-4-10-13-11-8-6-7-9-12(3)5-2/h2,10,12H,4,6-9,11H2,1,3H3. The number of hydrogen-bond donors (Lipinski definition) is 0. The summed E-state index contributed by atoms with van der Waals surface area (Å²) in [4.78, 5) is 0. The molecule has 0 spiro atoms. The van der Waals surface area contributed by atoms with Crippen molar-refractivity contribution >= 4 is 11.8 Å². The van der Waals surface area contributed by atoms with Crippen molar-refractivity contribution in [2.45, 2.75) is 46.0 Å². The van der Waals surface area contributed by atoms with Crippen molar-refractivity contribution in [1.29, 1.82) is 0 Å². The van der Waals surface area contributed by atoms with Crippen molar-refractivity contribution in [2.24, 2.45) is 5.92 Å². The fourth-order valence-electron chi connectivity index (χ4n) is 1.10. The van der Waals surface area contributed by atoms with Gasteiger partial charge in [0.15, 0.2) is 0 Å². The highest BCUT2D eigenvalue weighted by Crippen LogP contribution is 2.13. The molecular weight excluding hydrogens is 176 g/mol. The molecule has 0 aliphatic rings. The van der Waals surface area contributed by atoms with Gasteiger partial charge < -0.3 is 0 Å². The monoisotopic (exact) mass is 197 g/mol. The highest BCUT2D eigenvalue weighted by Gasteiger charge is 1.96. The fraction of sp³-hybridized carbons (Fsp3) is 0.750. The van der Waals surface area contributed by atoms with E-state index in [9.17, 15) is 0 Å². The maximum Gasteiger partial charge on any atom is 0.0171 e. The summed E-state index contributed by atoms with van der Waals surface area (Å²) in [6.07, 6.45) is 11.6. The average Bonchev–Trinajstić information content (AvgIpc) is 2.16. The lowest BCUT2D eigenvalue weighted by atomic mass is 10.0. The molecule has 0 aromatic heterocycles. The van der Waals surface area contributed by atoms with E-state index in [0.717, 1.165) is 0 Å². The molecular formula is C12H21S. The number of thioether (sulfide) groups is 1. The third-order valence-electron chi connectivity index (χ3n) is 1.97. The van der Waals surface area contributed by atoms with Crippen molar-refractivity contribution in [2.75, 3.05) is 5.75 Å². The molecule has 0 N–H and O–H groups in total. The van der Waals surface area contributed by atoms with E-state index in [4.69, 9.17) is 6.42 Å². The first-order valence-corrected chi connectivity index (χ1v) is 6.25. The van der Waals surface area contributed by atoms with Crippen LogP contribution in [0, 0.1) is 24.0 Å². The van der Waals surface area contributed by atoms with Gasteiger partial charge in [-0.25, -0.2) is 0 Å². The molecule has 0 fully saturated rings. The lowest BCUT2D eigenvalue weighted by Gasteiger charge is -2.03. The van der Waals surface area contributed by atoms with Gasteiger partial charge >= 0.3 is 0 Å². The zero-order valence-electron chi connectivity index (χ0n) is 8.88. The van der Waals surface area contributed by atoms with E-state index >= 15 is 0 Å². The van der Waals surface area contributed by atoms with Gasteiger partial charge in [0.25, 0.3) is 0 Å². The van der Waals surface area contributed by atoms with Gasteiger partial charge in [0.2, 0.25) is 0 Å². The lowest BCUT2D eigenvalue weighted by molar-refractivity contribution is 0.590. The van der Waals surface area contributed by atoms with Crippen molar-refractivity contribution in [3.8, 4) is 12.3 Å². The minimum absolute atomic E-state index is 0.467. The summed E-state index contributed by atoms with van der Waals surface area (Å²) in [6.45, 7) is 4.31. The van der Waals surface area contributed by atoms with Crippen LogP contribution in [0.15, 0.2) is 0 Å². The molecule has 0 heterocycles. The molecule has 75 valence electrons. The minimum atomic E-state index is 0.467. The Morgan fingerprint density at radius 1 is 1.38 bits per heavy atom. The molecule has 13 heavy (non-hydrogen) atoms. The minimum Gasteiger partial charge on any atom is -0.157 e. The first kappa shape index (κ1) is 12.9. The van der Waals surface area contributed by atoms with Crippen LogP contribution in [0.4, 0.5) is 0 Å². The molecule has 1 radical (unpaired) electrons. The number of unbranched alkanes of at least 4 members (excludes halogenated alkanes) is 2. The Labute approximate surface area is 87.9 Å². The molecule has 1 heteroatoms. The van der Waals surface area contributed by atoms with Crippen LogP contribution in [-0.2, 0) is 0 Å². The Hall–Kier alpha value is -0.0900. The van der Waals surface area contributed by atoms with Crippen LogP contribution in [0.3, 0.4) is 0 Å². The molecule has 0 saturated carbocycles. The van der Waals surface area contributed by atoms with Crippen molar-refractivity contribution in [1.82, 2.24) is 0 Å². The predicted molar refractivity (Wildman–Crippen MR) is 63.5 cm³/mol. The topological polar surface area (TPSA) is 0 Å². The SMILES string of the molecule is C#CC(C)CCCCCS[CH]CC. The fourth-order valence-corrected chi connectivity index (χ4v) is 1.87. The molecule has 0 amide bonds. The second-order valence-corrected chi connectivity index (χ2v) is 4.44. The first-order chi connectivity index (χ1) is 6.31. The molecule has 0 saturated heterocycles. The zero-order chi connectivity index (χ0) is 9.94. The Morgan fingerprint density at radius 3 is 2.77 bits per heavy atom. The van der Waals surface area contributed by atoms with Crippen LogP contribution >= 0.6 is 11.8 Å². The lowest BCUT2D eigenvalue weighted by Crippen LogP contribution is -1.90. The zero-order valence-corrected chi connectivity index (χ0v) is 9.70. The van der Waals surface area contributed by atoms with Gasteiger partial charge in [0.05, 0.1) is 0 Å². The molecule has 0 aliphatic heterocycles. The maximum absolute atomic E-state index is 5.29. The highest BCUT2D eigenvalue weighted by atomic mass is 32.2. The third-order valence-corrected chi connectivity index (χ3v) is 3.06. The summed E-state index contributed by atoms with van der Waals surface area (Å²) in [7, 11) is 0. The Morgan fingerprint density at radius 2 is 2.15 bits per heavy atom. The van der Waals surface area contributed by atoms with E-state index in [1.54, 1.807) is 0 Å². The van der Waals surface area contributed by atoms with E-state index in [-0.39, 0.29) is 0 Å². The molecule has 0 aliphatic carbocycles. The van der Waals surface area contributed by atoms with Gasteiger partial charge in [-0.3, -0.25) is 0 Å². The van der Waals surface area contributed by atoms with Crippen LogP contribution in [0.1, 0.15) is 46.0 Å². The smallest absolute Gasteiger partial charge is 0.0171 e. The summed E-state index contributed by atoms with van der Waals surface area (Å²) < 4.78 is 0. The van der Waals surface area contributed by atoms with E-state index in [2.05, 4.69) is 25.5 Å². The molecule has 1 atom stereocenters. The predicted octanol–water partition coefficient (Wildman–Crippen LogP) is 4.12. The van der Waals surface area contributed by atoms with Crippen molar-refractivity contribution in [3.05, 3.63) is 5.75 Å². The van der Waals surface area contributed by atoms with Gasteiger partial charge in [0.1, 0.15) is 0 Å². The first-order valence-electron chi connectivity index (χ1n) is 5.20. The third kappa shape index (κ3) is 9.83. The molecule has 1 unspecified atom stereocenters. The summed E-state index contributed by atoms with van der Waals surface area (Å²) in [6, 6.07) is 0. The van der Waals surface area contributed by atoms with Crippen LogP contribution < -0.4 is 0 Å². The van der Waals surface area contributed by atoms with Crippen LogP contribution in [0.2, 0.25) is 0 Å². The quantitative estimate of drug-likeness (QED) is 0.416. The summed E-state index contributed by atoms with van der Waals surface area (Å²) >= 11 is 1.95. The second-order valence-electron chi connectivity index (χ2n) is 3.36. The van der Waals surface area contributed by atoms with Crippen molar-refractivity contribution in [3.63, 3.8) is 0 Å². The van der Waals surface area contributed by atoms with Gasteiger partial charge in [0, 0.05) is 11.7 Å². The van der Waals surface area contributed by atoms with Gasteiger partial charge in [-0.15, -0.1) is 12.3 Å². The molecule has 0 rings (SSSR count). The summed E-state index contributed by atoms with van der Waals surface area (Å²) in [5, 5.41) is 0. The second kappa shape index (κ2) is 9.99. The molecule has 0 nitrogen and oxygen atoms in total. The van der Waals surface area contributed by atoms with Crippen LogP contribution in [0.5, 0.6) is 0 Å². The van der Waals surface area contributed by atoms with E-state index in [1.807, 2.05) is 11.8 Å².